The molecule has 1 heterocycles. The van der Waals surface area contributed by atoms with Crippen LogP contribution < -0.4 is 0 Å². The van der Waals surface area contributed by atoms with Gasteiger partial charge in [0.2, 0.25) is 0 Å². The van der Waals surface area contributed by atoms with Gasteiger partial charge in [0, 0.05) is 12.5 Å². The van der Waals surface area contributed by atoms with Crippen LogP contribution in [0.4, 0.5) is 0 Å². The molecule has 0 aromatic carbocycles. The molecule has 46 valence electrons. The molecule has 0 bridgehead atoms. The second kappa shape index (κ2) is 2.64. The van der Waals surface area contributed by atoms with E-state index in [9.17, 15) is 0 Å². The van der Waals surface area contributed by atoms with E-state index in [1.54, 1.807) is 23.9 Å². The summed E-state index contributed by atoms with van der Waals surface area (Å²) in [6.07, 6.45) is 3.96. The van der Waals surface area contributed by atoms with Crippen molar-refractivity contribution < 1.29 is 0 Å². The smallest absolute Gasteiger partial charge is 0.0616 e. The molecular formula is C4H8N2S2. The van der Waals surface area contributed by atoms with Crippen molar-refractivity contribution in [2.75, 3.05) is 6.26 Å². The van der Waals surface area contributed by atoms with Gasteiger partial charge in [-0.25, -0.2) is 0 Å². The molecule has 0 fully saturated rings. The number of hydrazone groups is 1. The maximum absolute atomic E-state index is 4.07. The Morgan fingerprint density at radius 3 is 2.88 bits per heavy atom. The molecule has 0 aliphatic carbocycles. The lowest BCUT2D eigenvalue weighted by molar-refractivity contribution is 0.846. The maximum Gasteiger partial charge on any atom is 0.0616 e. The van der Waals surface area contributed by atoms with E-state index >= 15 is 0 Å². The zero-order valence-corrected chi connectivity index (χ0v) is 6.50. The van der Waals surface area contributed by atoms with Gasteiger partial charge in [0.15, 0.2) is 0 Å². The average Bonchev–Trinajstić information content (AvgIpc) is 2.14. The van der Waals surface area contributed by atoms with E-state index in [4.69, 9.17) is 0 Å². The van der Waals surface area contributed by atoms with Gasteiger partial charge < -0.3 is 0 Å². The predicted molar refractivity (Wildman–Crippen MR) is 40.9 cm³/mol. The van der Waals surface area contributed by atoms with E-state index in [1.165, 1.54) is 0 Å². The Morgan fingerprint density at radius 2 is 2.62 bits per heavy atom. The van der Waals surface area contributed by atoms with Crippen molar-refractivity contribution in [3.63, 3.8) is 0 Å². The van der Waals surface area contributed by atoms with Gasteiger partial charge in [0.05, 0.1) is 5.25 Å². The number of hydrogen-bond acceptors (Lipinski definition) is 4. The Labute approximate surface area is 58.0 Å². The molecule has 1 aliphatic heterocycles. The van der Waals surface area contributed by atoms with Crippen molar-refractivity contribution in [1.82, 2.24) is 3.82 Å². The fourth-order valence-corrected chi connectivity index (χ4v) is 1.84. The molecule has 0 aromatic heterocycles. The molecule has 0 saturated heterocycles. The van der Waals surface area contributed by atoms with Crippen molar-refractivity contribution in [3.8, 4) is 0 Å². The largest absolute Gasteiger partial charge is 0.179 e. The third kappa shape index (κ3) is 1.32. The summed E-state index contributed by atoms with van der Waals surface area (Å²) >= 11 is 3.37. The summed E-state index contributed by atoms with van der Waals surface area (Å²) in [7, 11) is 0. The molecule has 0 radical (unpaired) electrons. The lowest BCUT2D eigenvalue weighted by atomic mass is 10.5. The second-order valence-electron chi connectivity index (χ2n) is 1.50. The zero-order valence-electron chi connectivity index (χ0n) is 4.87. The van der Waals surface area contributed by atoms with Crippen LogP contribution in [0.3, 0.4) is 0 Å². The molecule has 0 aromatic rings. The number of rotatable bonds is 1. The van der Waals surface area contributed by atoms with Crippen molar-refractivity contribution in [3.05, 3.63) is 0 Å². The number of hydrogen-bond donors (Lipinski definition) is 0. The van der Waals surface area contributed by atoms with Crippen LogP contribution in [0.5, 0.6) is 0 Å². The first kappa shape index (κ1) is 6.29. The van der Waals surface area contributed by atoms with Gasteiger partial charge >= 0.3 is 0 Å². The molecule has 0 spiro atoms. The van der Waals surface area contributed by atoms with E-state index in [0.29, 0.717) is 5.25 Å². The van der Waals surface area contributed by atoms with Crippen LogP contribution in [0.1, 0.15) is 6.92 Å². The first-order valence-corrected chi connectivity index (χ1v) is 4.40. The molecule has 0 saturated carbocycles. The minimum atomic E-state index is 0.558. The summed E-state index contributed by atoms with van der Waals surface area (Å²) in [4.78, 5) is 0. The van der Waals surface area contributed by atoms with Gasteiger partial charge in [-0.05, 0) is 30.8 Å². The first-order chi connectivity index (χ1) is 3.83. The Hall–Kier alpha value is 0.170. The number of nitrogens with zero attached hydrogens (tertiary/aromatic N) is 2. The molecule has 0 amide bonds. The van der Waals surface area contributed by atoms with Gasteiger partial charge in [0.25, 0.3) is 0 Å². The monoisotopic (exact) mass is 148 g/mol. The summed E-state index contributed by atoms with van der Waals surface area (Å²) < 4.78 is 1.91. The quantitative estimate of drug-likeness (QED) is 0.525. The summed E-state index contributed by atoms with van der Waals surface area (Å²) in [6.45, 7) is 2.13. The molecule has 2 nitrogen and oxygen atoms in total. The molecule has 0 N–H and O–H groups in total. The highest BCUT2D eigenvalue weighted by Gasteiger charge is 2.11. The summed E-state index contributed by atoms with van der Waals surface area (Å²) in [6, 6.07) is 0. The van der Waals surface area contributed by atoms with Crippen LogP contribution in [0.2, 0.25) is 0 Å². The fraction of sp³-hybridized carbons (Fsp3) is 0.750. The van der Waals surface area contributed by atoms with Gasteiger partial charge in [-0.3, -0.25) is 0 Å². The van der Waals surface area contributed by atoms with Gasteiger partial charge in [0.1, 0.15) is 0 Å². The standard InChI is InChI=1S/C4H8N2S2/c1-4-3-5-6(7-2)8-4/h3-4H,1-2H3. The maximum atomic E-state index is 4.07. The lowest BCUT2D eigenvalue weighted by Crippen LogP contribution is -1.92. The summed E-state index contributed by atoms with van der Waals surface area (Å²) in [5.74, 6) is 0. The van der Waals surface area contributed by atoms with E-state index in [0.717, 1.165) is 0 Å². The van der Waals surface area contributed by atoms with Crippen molar-refractivity contribution in [1.29, 1.82) is 0 Å². The zero-order chi connectivity index (χ0) is 5.98. The van der Waals surface area contributed by atoms with Crippen molar-refractivity contribution in [2.24, 2.45) is 5.10 Å². The van der Waals surface area contributed by atoms with Crippen LogP contribution in [0, 0.1) is 0 Å². The second-order valence-corrected chi connectivity index (χ2v) is 3.74. The topological polar surface area (TPSA) is 15.6 Å². The Bertz CT molecular complexity index is 104. The highest BCUT2D eigenvalue weighted by Crippen LogP contribution is 2.27. The summed E-state index contributed by atoms with van der Waals surface area (Å²) in [5.41, 5.74) is 0. The molecule has 8 heavy (non-hydrogen) atoms. The molecule has 1 aliphatic rings. The Balaban J connectivity index is 2.34. The van der Waals surface area contributed by atoms with Gasteiger partial charge in [-0.15, -0.1) is 0 Å². The van der Waals surface area contributed by atoms with Crippen LogP contribution >= 0.6 is 23.9 Å². The lowest BCUT2D eigenvalue weighted by Gasteiger charge is -2.06. The molecular weight excluding hydrogens is 140 g/mol. The Kier molecular flexibility index (Phi) is 2.08. The van der Waals surface area contributed by atoms with E-state index in [2.05, 4.69) is 12.0 Å². The predicted octanol–water partition coefficient (Wildman–Crippen LogP) is 1.60. The molecule has 1 rings (SSSR count). The minimum Gasteiger partial charge on any atom is -0.179 e. The van der Waals surface area contributed by atoms with Crippen molar-refractivity contribution in [2.45, 2.75) is 12.2 Å². The fourth-order valence-electron chi connectivity index (χ4n) is 0.435. The highest BCUT2D eigenvalue weighted by molar-refractivity contribution is 8.12. The summed E-state index contributed by atoms with van der Waals surface area (Å²) in [5, 5.41) is 4.63. The van der Waals surface area contributed by atoms with Gasteiger partial charge in [-0.1, -0.05) is 0 Å². The van der Waals surface area contributed by atoms with E-state index in [-0.39, 0.29) is 0 Å². The minimum absolute atomic E-state index is 0.558. The highest BCUT2D eigenvalue weighted by atomic mass is 32.2. The third-order valence-corrected chi connectivity index (χ3v) is 2.62. The van der Waals surface area contributed by atoms with Crippen LogP contribution in [0.25, 0.3) is 0 Å². The normalized spacial score (nSPS) is 27.2. The average molecular weight is 148 g/mol. The van der Waals surface area contributed by atoms with Crippen LogP contribution in [-0.2, 0) is 0 Å². The van der Waals surface area contributed by atoms with E-state index < -0.39 is 0 Å². The van der Waals surface area contributed by atoms with E-state index in [1.807, 2.05) is 16.3 Å². The van der Waals surface area contributed by atoms with Crippen LogP contribution in [0.15, 0.2) is 5.10 Å². The van der Waals surface area contributed by atoms with Crippen molar-refractivity contribution >= 4 is 30.1 Å². The SMILES string of the molecule is CSN1N=CC(C)S1. The van der Waals surface area contributed by atoms with Crippen LogP contribution in [-0.4, -0.2) is 21.5 Å². The third-order valence-electron chi connectivity index (χ3n) is 0.784. The molecule has 4 heteroatoms. The first-order valence-electron chi connectivity index (χ1n) is 2.38. The Morgan fingerprint density at radius 1 is 1.88 bits per heavy atom. The van der Waals surface area contributed by atoms with Gasteiger partial charge in [-0.2, -0.15) is 8.92 Å². The molecule has 1 unspecified atom stereocenters. The molecule has 1 atom stereocenters.